The van der Waals surface area contributed by atoms with Gasteiger partial charge in [-0.05, 0) is 62.2 Å². The van der Waals surface area contributed by atoms with Crippen molar-refractivity contribution in [2.45, 2.75) is 39.3 Å². The van der Waals surface area contributed by atoms with E-state index in [1.165, 1.54) is 9.21 Å². The van der Waals surface area contributed by atoms with E-state index in [1.54, 1.807) is 56.3 Å². The molecule has 0 radical (unpaired) electrons. The van der Waals surface area contributed by atoms with E-state index in [0.29, 0.717) is 32.9 Å². The van der Waals surface area contributed by atoms with Gasteiger partial charge >= 0.3 is 0 Å². The third kappa shape index (κ3) is 8.05. The third-order valence-corrected chi connectivity index (χ3v) is 7.17. The van der Waals surface area contributed by atoms with Crippen molar-refractivity contribution >= 4 is 62.3 Å². The Hall–Kier alpha value is -2.00. The number of sulfonamides is 1. The van der Waals surface area contributed by atoms with Crippen molar-refractivity contribution in [3.63, 3.8) is 0 Å². The van der Waals surface area contributed by atoms with Crippen LogP contribution in [0.25, 0.3) is 0 Å². The third-order valence-electron chi connectivity index (χ3n) is 5.14. The van der Waals surface area contributed by atoms with Crippen LogP contribution in [-0.2, 0) is 26.2 Å². The molecule has 0 aromatic heterocycles. The van der Waals surface area contributed by atoms with Gasteiger partial charge in [0.25, 0.3) is 0 Å². The maximum absolute atomic E-state index is 13.2. The summed E-state index contributed by atoms with van der Waals surface area (Å²) in [5.74, 6) is -0.589. The first-order chi connectivity index (χ1) is 15.9. The highest BCUT2D eigenvalue weighted by molar-refractivity contribution is 7.92. The number of halogens is 3. The summed E-state index contributed by atoms with van der Waals surface area (Å²) < 4.78 is 25.9. The van der Waals surface area contributed by atoms with Crippen LogP contribution >= 0.6 is 34.8 Å². The lowest BCUT2D eigenvalue weighted by atomic mass is 10.1. The Bertz CT molecular complexity index is 1110. The molecule has 34 heavy (non-hydrogen) atoms. The predicted octanol–water partition coefficient (Wildman–Crippen LogP) is 4.75. The van der Waals surface area contributed by atoms with Gasteiger partial charge in [-0.1, -0.05) is 40.9 Å². The molecule has 0 spiro atoms. The van der Waals surface area contributed by atoms with Gasteiger partial charge in [0.1, 0.15) is 6.04 Å². The Kier molecular flexibility index (Phi) is 10.5. The number of nitrogens with one attached hydrogen (secondary N) is 1. The number of hydrogen-bond donors (Lipinski definition) is 1. The average Bonchev–Trinajstić information content (AvgIpc) is 2.76. The Labute approximate surface area is 216 Å². The molecule has 2 rings (SSSR count). The quantitative estimate of drug-likeness (QED) is 0.439. The summed E-state index contributed by atoms with van der Waals surface area (Å²) in [6.07, 6.45) is 1.39. The molecule has 0 saturated carbocycles. The summed E-state index contributed by atoms with van der Waals surface area (Å²) in [5, 5.41) is 4.07. The van der Waals surface area contributed by atoms with Crippen LogP contribution in [0, 0.1) is 0 Å². The number of hydrogen-bond acceptors (Lipinski definition) is 4. The topological polar surface area (TPSA) is 86.8 Å². The standard InChI is InChI=1S/C23H28Cl3N3O4S/c1-4-27-23(31)16(2)28(15-17-7-8-19(25)14-21(17)26)22(30)6-5-13-29(34(3,32)33)20-11-9-18(24)10-12-20/h7-12,14,16H,4-6,13,15H2,1-3H3,(H,27,31)/t16-/m0/s1. The molecule has 0 aliphatic heterocycles. The minimum atomic E-state index is -3.57. The van der Waals surface area contributed by atoms with Crippen LogP contribution in [0.15, 0.2) is 42.5 Å². The summed E-state index contributed by atoms with van der Waals surface area (Å²) >= 11 is 18.2. The smallest absolute Gasteiger partial charge is 0.242 e. The SMILES string of the molecule is CCNC(=O)[C@H](C)N(Cc1ccc(Cl)cc1Cl)C(=O)CCCN(c1ccc(Cl)cc1)S(C)(=O)=O. The monoisotopic (exact) mass is 547 g/mol. The largest absolute Gasteiger partial charge is 0.355 e. The van der Waals surface area contributed by atoms with E-state index >= 15 is 0 Å². The van der Waals surface area contributed by atoms with Gasteiger partial charge in [-0.25, -0.2) is 8.42 Å². The highest BCUT2D eigenvalue weighted by atomic mass is 35.5. The van der Waals surface area contributed by atoms with E-state index in [2.05, 4.69) is 5.32 Å². The van der Waals surface area contributed by atoms with Crippen molar-refractivity contribution in [2.24, 2.45) is 0 Å². The van der Waals surface area contributed by atoms with E-state index < -0.39 is 16.1 Å². The first kappa shape index (κ1) is 28.2. The maximum atomic E-state index is 13.2. The lowest BCUT2D eigenvalue weighted by Gasteiger charge is -2.29. The van der Waals surface area contributed by atoms with E-state index in [0.717, 1.165) is 6.26 Å². The second-order valence-corrected chi connectivity index (χ2v) is 10.9. The first-order valence-electron chi connectivity index (χ1n) is 10.7. The molecule has 1 N–H and O–H groups in total. The molecule has 11 heteroatoms. The molecular weight excluding hydrogens is 521 g/mol. The fourth-order valence-electron chi connectivity index (χ4n) is 3.35. The first-order valence-corrected chi connectivity index (χ1v) is 13.7. The van der Waals surface area contributed by atoms with Crippen LogP contribution in [0.1, 0.15) is 32.3 Å². The van der Waals surface area contributed by atoms with Crippen molar-refractivity contribution in [3.8, 4) is 0 Å². The normalized spacial score (nSPS) is 12.2. The summed E-state index contributed by atoms with van der Waals surface area (Å²) in [5.41, 5.74) is 1.11. The van der Waals surface area contributed by atoms with Crippen LogP contribution in [0.5, 0.6) is 0 Å². The van der Waals surface area contributed by atoms with Gasteiger partial charge in [-0.3, -0.25) is 13.9 Å². The highest BCUT2D eigenvalue weighted by Gasteiger charge is 2.27. The second-order valence-electron chi connectivity index (χ2n) is 7.74. The number of nitrogens with zero attached hydrogens (tertiary/aromatic N) is 2. The van der Waals surface area contributed by atoms with E-state index in [4.69, 9.17) is 34.8 Å². The van der Waals surface area contributed by atoms with Crippen molar-refractivity contribution in [2.75, 3.05) is 23.7 Å². The van der Waals surface area contributed by atoms with E-state index in [-0.39, 0.29) is 37.7 Å². The highest BCUT2D eigenvalue weighted by Crippen LogP contribution is 2.24. The molecule has 0 fully saturated rings. The lowest BCUT2D eigenvalue weighted by molar-refractivity contribution is -0.140. The molecule has 186 valence electrons. The van der Waals surface area contributed by atoms with E-state index in [9.17, 15) is 18.0 Å². The van der Waals surface area contributed by atoms with Crippen LogP contribution in [-0.4, -0.2) is 50.5 Å². The molecule has 0 heterocycles. The number of rotatable bonds is 11. The van der Waals surface area contributed by atoms with Gasteiger partial charge in [-0.15, -0.1) is 0 Å². The molecular formula is C23H28Cl3N3O4S. The summed E-state index contributed by atoms with van der Waals surface area (Å²) in [7, 11) is -3.57. The fraction of sp³-hybridized carbons (Fsp3) is 0.391. The lowest BCUT2D eigenvalue weighted by Crippen LogP contribution is -2.47. The van der Waals surface area contributed by atoms with E-state index in [1.807, 2.05) is 0 Å². The number of carbonyl (C=O) groups is 2. The number of likely N-dealkylation sites (N-methyl/N-ethyl adjacent to an activating group) is 1. The van der Waals surface area contributed by atoms with Crippen molar-refractivity contribution in [3.05, 3.63) is 63.1 Å². The Morgan fingerprint density at radius 2 is 1.65 bits per heavy atom. The zero-order valence-corrected chi connectivity index (χ0v) is 22.3. The van der Waals surface area contributed by atoms with Crippen LogP contribution in [0.4, 0.5) is 5.69 Å². The average molecular weight is 549 g/mol. The van der Waals surface area contributed by atoms with Crippen LogP contribution in [0.3, 0.4) is 0 Å². The zero-order chi connectivity index (χ0) is 25.5. The minimum Gasteiger partial charge on any atom is -0.355 e. The molecule has 2 aromatic rings. The molecule has 0 aliphatic carbocycles. The van der Waals surface area contributed by atoms with Gasteiger partial charge in [0, 0.05) is 41.1 Å². The molecule has 0 saturated heterocycles. The van der Waals surface area contributed by atoms with Gasteiger partial charge in [-0.2, -0.15) is 0 Å². The zero-order valence-electron chi connectivity index (χ0n) is 19.2. The second kappa shape index (κ2) is 12.6. The molecule has 2 amide bonds. The Morgan fingerprint density at radius 3 is 2.21 bits per heavy atom. The molecule has 1 atom stereocenters. The summed E-state index contributed by atoms with van der Waals surface area (Å²) in [4.78, 5) is 27.1. The number of carbonyl (C=O) groups excluding carboxylic acids is 2. The van der Waals surface area contributed by atoms with Gasteiger partial charge < -0.3 is 10.2 Å². The Morgan fingerprint density at radius 1 is 1.03 bits per heavy atom. The van der Waals surface area contributed by atoms with Crippen molar-refractivity contribution in [1.82, 2.24) is 10.2 Å². The van der Waals surface area contributed by atoms with Crippen LogP contribution in [0.2, 0.25) is 15.1 Å². The summed E-state index contributed by atoms with van der Waals surface area (Å²) in [6, 6.07) is 10.6. The Balaban J connectivity index is 2.18. The van der Waals surface area contributed by atoms with Crippen LogP contribution < -0.4 is 9.62 Å². The van der Waals surface area contributed by atoms with Gasteiger partial charge in [0.05, 0.1) is 11.9 Å². The molecule has 0 bridgehead atoms. The van der Waals surface area contributed by atoms with Crippen molar-refractivity contribution in [1.29, 1.82) is 0 Å². The molecule has 7 nitrogen and oxygen atoms in total. The molecule has 2 aromatic carbocycles. The van der Waals surface area contributed by atoms with Gasteiger partial charge in [0.2, 0.25) is 21.8 Å². The predicted molar refractivity (Wildman–Crippen MR) is 138 cm³/mol. The number of amides is 2. The number of anilines is 1. The van der Waals surface area contributed by atoms with Gasteiger partial charge in [0.15, 0.2) is 0 Å². The maximum Gasteiger partial charge on any atom is 0.242 e. The molecule has 0 aliphatic rings. The fourth-order valence-corrected chi connectivity index (χ4v) is 4.91. The number of benzene rings is 2. The molecule has 0 unspecified atom stereocenters. The minimum absolute atomic E-state index is 0.0363. The summed E-state index contributed by atoms with van der Waals surface area (Å²) in [6.45, 7) is 4.07. The van der Waals surface area contributed by atoms with Crippen molar-refractivity contribution < 1.29 is 18.0 Å².